The molecule has 2 aliphatic rings. The molecule has 0 saturated carbocycles. The summed E-state index contributed by atoms with van der Waals surface area (Å²) in [7, 11) is 0. The molecule has 0 amide bonds. The van der Waals surface area contributed by atoms with Gasteiger partial charge in [0.05, 0.1) is 0 Å². The second-order valence-electron chi connectivity index (χ2n) is 7.69. The van der Waals surface area contributed by atoms with Crippen molar-refractivity contribution in [2.75, 3.05) is 0 Å². The highest BCUT2D eigenvalue weighted by Crippen LogP contribution is 2.40. The number of fused-ring (bicyclic) bond motifs is 5. The van der Waals surface area contributed by atoms with Gasteiger partial charge in [-0.3, -0.25) is 4.98 Å². The zero-order chi connectivity index (χ0) is 19.1. The molecule has 0 N–H and O–H groups in total. The number of aryl methyl sites for hydroxylation is 1. The lowest BCUT2D eigenvalue weighted by atomic mass is 9.78. The number of halogens is 1. The van der Waals surface area contributed by atoms with Gasteiger partial charge in [-0.1, -0.05) is 42.5 Å². The van der Waals surface area contributed by atoms with Crippen LogP contribution in [0.4, 0.5) is 4.39 Å². The van der Waals surface area contributed by atoms with Crippen LogP contribution >= 0.6 is 0 Å². The molecule has 0 bridgehead atoms. The zero-order valence-electron chi connectivity index (χ0n) is 16.0. The van der Waals surface area contributed by atoms with E-state index in [0.29, 0.717) is 0 Å². The summed E-state index contributed by atoms with van der Waals surface area (Å²) >= 11 is 0. The largest absolute Gasteiger partial charge is 0.261 e. The van der Waals surface area contributed by atoms with Crippen LogP contribution in [0, 0.1) is 12.7 Å². The van der Waals surface area contributed by atoms with Crippen molar-refractivity contribution in [2.24, 2.45) is 0 Å². The molecule has 0 atom stereocenters. The summed E-state index contributed by atoms with van der Waals surface area (Å²) in [5, 5.41) is 0. The highest BCUT2D eigenvalue weighted by molar-refractivity contribution is 5.82. The number of hydrogen-bond donors (Lipinski definition) is 0. The molecule has 28 heavy (non-hydrogen) atoms. The molecule has 0 aliphatic heterocycles. The van der Waals surface area contributed by atoms with Gasteiger partial charge in [0.15, 0.2) is 0 Å². The monoisotopic (exact) mass is 367 g/mol. The summed E-state index contributed by atoms with van der Waals surface area (Å²) in [4.78, 5) is 4.34. The average Bonchev–Trinajstić information content (AvgIpc) is 2.72. The maximum atomic E-state index is 14.5. The molecule has 3 aromatic rings. The summed E-state index contributed by atoms with van der Waals surface area (Å²) in [6.45, 7) is 1.97. The van der Waals surface area contributed by atoms with E-state index in [1.54, 1.807) is 12.1 Å². The van der Waals surface area contributed by atoms with Gasteiger partial charge in [0.1, 0.15) is 5.82 Å². The predicted molar refractivity (Wildman–Crippen MR) is 115 cm³/mol. The van der Waals surface area contributed by atoms with Crippen LogP contribution in [0.15, 0.2) is 48.7 Å². The summed E-state index contributed by atoms with van der Waals surface area (Å²) in [6, 6.07) is 11.8. The van der Waals surface area contributed by atoms with Crippen molar-refractivity contribution >= 4 is 18.2 Å². The van der Waals surface area contributed by atoms with Gasteiger partial charge in [0, 0.05) is 11.9 Å². The average molecular weight is 367 g/mol. The number of rotatable bonds is 2. The molecule has 0 saturated heterocycles. The van der Waals surface area contributed by atoms with Crippen molar-refractivity contribution < 1.29 is 4.39 Å². The van der Waals surface area contributed by atoms with E-state index in [2.05, 4.69) is 29.3 Å². The first kappa shape index (κ1) is 17.1. The van der Waals surface area contributed by atoms with E-state index >= 15 is 0 Å². The number of benzene rings is 2. The Labute approximate surface area is 165 Å². The van der Waals surface area contributed by atoms with Gasteiger partial charge in [-0.2, -0.15) is 0 Å². The van der Waals surface area contributed by atoms with E-state index < -0.39 is 0 Å². The van der Waals surface area contributed by atoms with Gasteiger partial charge in [0.2, 0.25) is 0 Å². The van der Waals surface area contributed by atoms with Crippen LogP contribution in [0.1, 0.15) is 45.5 Å². The fourth-order valence-corrected chi connectivity index (χ4v) is 4.48. The Morgan fingerprint density at radius 1 is 0.893 bits per heavy atom. The Bertz CT molecular complexity index is 1120. The minimum Gasteiger partial charge on any atom is -0.261 e. The molecule has 0 unspecified atom stereocenters. The van der Waals surface area contributed by atoms with Crippen LogP contribution in [-0.2, 0) is 19.3 Å². The van der Waals surface area contributed by atoms with Crippen molar-refractivity contribution in [1.29, 1.82) is 0 Å². The van der Waals surface area contributed by atoms with Crippen molar-refractivity contribution in [3.8, 4) is 11.1 Å². The lowest BCUT2D eigenvalue weighted by Crippen LogP contribution is -2.11. The molecule has 2 aliphatic carbocycles. The van der Waals surface area contributed by atoms with E-state index in [0.717, 1.165) is 48.1 Å². The third kappa shape index (κ3) is 2.99. The van der Waals surface area contributed by atoms with Crippen molar-refractivity contribution in [3.63, 3.8) is 0 Å². The molecule has 5 rings (SSSR count). The van der Waals surface area contributed by atoms with Crippen LogP contribution in [0.25, 0.3) is 29.4 Å². The Balaban J connectivity index is 1.60. The number of nitrogens with zero attached hydrogens (tertiary/aromatic N) is 1. The molecule has 2 heteroatoms. The highest BCUT2D eigenvalue weighted by atomic mass is 19.1. The second kappa shape index (κ2) is 6.87. The van der Waals surface area contributed by atoms with Gasteiger partial charge in [-0.05, 0) is 95.3 Å². The number of aromatic nitrogens is 1. The molecule has 138 valence electrons. The highest BCUT2D eigenvalue weighted by Gasteiger charge is 2.23. The summed E-state index contributed by atoms with van der Waals surface area (Å²) < 4.78 is 14.5. The minimum atomic E-state index is -0.175. The Kier molecular flexibility index (Phi) is 4.20. The third-order valence-electron chi connectivity index (χ3n) is 5.88. The van der Waals surface area contributed by atoms with Crippen molar-refractivity contribution in [3.05, 3.63) is 93.6 Å². The van der Waals surface area contributed by atoms with E-state index in [-0.39, 0.29) is 5.82 Å². The Morgan fingerprint density at radius 3 is 2.64 bits per heavy atom. The van der Waals surface area contributed by atoms with Crippen LogP contribution in [-0.4, -0.2) is 4.98 Å². The lowest BCUT2D eigenvalue weighted by Gasteiger charge is -2.26. The molecule has 0 spiro atoms. The molecule has 2 aromatic carbocycles. The predicted octanol–water partition coefficient (Wildman–Crippen LogP) is 6.42. The molecular formula is C26H22FN. The fraction of sp³-hybridized carbons (Fsp3) is 0.192. The number of allylic oxidation sites excluding steroid dienone is 1. The minimum absolute atomic E-state index is 0.175. The van der Waals surface area contributed by atoms with E-state index in [4.69, 9.17) is 0 Å². The quantitative estimate of drug-likeness (QED) is 0.509. The summed E-state index contributed by atoms with van der Waals surface area (Å²) in [5.74, 6) is -0.175. The maximum absolute atomic E-state index is 14.5. The zero-order valence-corrected chi connectivity index (χ0v) is 16.0. The molecule has 1 nitrogen and oxygen atoms in total. The normalized spacial score (nSPS) is 14.6. The molecular weight excluding hydrogens is 345 g/mol. The Morgan fingerprint density at radius 2 is 1.79 bits per heavy atom. The first-order chi connectivity index (χ1) is 13.7. The second-order valence-corrected chi connectivity index (χ2v) is 7.69. The maximum Gasteiger partial charge on any atom is 0.124 e. The van der Waals surface area contributed by atoms with Crippen LogP contribution < -0.4 is 0 Å². The molecule has 1 heterocycles. The first-order valence-corrected chi connectivity index (χ1v) is 9.94. The topological polar surface area (TPSA) is 12.9 Å². The number of pyridine rings is 1. The van der Waals surface area contributed by atoms with E-state index in [1.165, 1.54) is 27.8 Å². The summed E-state index contributed by atoms with van der Waals surface area (Å²) in [5.41, 5.74) is 10.7. The van der Waals surface area contributed by atoms with Gasteiger partial charge < -0.3 is 0 Å². The van der Waals surface area contributed by atoms with Crippen LogP contribution in [0.5, 0.6) is 0 Å². The lowest BCUT2D eigenvalue weighted by molar-refractivity contribution is 0.626. The van der Waals surface area contributed by atoms with Crippen LogP contribution in [0.3, 0.4) is 0 Å². The molecule has 1 aromatic heterocycles. The smallest absolute Gasteiger partial charge is 0.124 e. The van der Waals surface area contributed by atoms with Crippen molar-refractivity contribution in [2.45, 2.75) is 32.6 Å². The Hall–Kier alpha value is -3.00. The third-order valence-corrected chi connectivity index (χ3v) is 5.88. The fourth-order valence-electron chi connectivity index (χ4n) is 4.48. The number of hydrogen-bond acceptors (Lipinski definition) is 1. The van der Waals surface area contributed by atoms with Gasteiger partial charge in [-0.25, -0.2) is 4.39 Å². The van der Waals surface area contributed by atoms with Crippen molar-refractivity contribution in [1.82, 2.24) is 4.98 Å². The molecule has 0 radical (unpaired) electrons. The van der Waals surface area contributed by atoms with Gasteiger partial charge >= 0.3 is 0 Å². The first-order valence-electron chi connectivity index (χ1n) is 9.94. The molecule has 0 fully saturated rings. The van der Waals surface area contributed by atoms with Gasteiger partial charge in [-0.15, -0.1) is 0 Å². The van der Waals surface area contributed by atoms with Crippen LogP contribution in [0.2, 0.25) is 0 Å². The SMILES string of the molecule is Cc1ccc(/C=C/c2cc(F)cc3c2CCc2c-3ccc3c2CCC=C3)cn1. The standard InChI is InChI=1S/C26H22FN/c1-17-6-7-18(16-28-17)8-9-20-14-21(27)15-26-23(20)12-13-24-22-5-3-2-4-19(22)10-11-25(24)26/h2,4,6-11,14-16H,3,5,12-13H2,1H3/b9-8+. The van der Waals surface area contributed by atoms with E-state index in [9.17, 15) is 4.39 Å². The van der Waals surface area contributed by atoms with E-state index in [1.807, 2.05) is 37.4 Å². The summed E-state index contributed by atoms with van der Waals surface area (Å²) in [6.07, 6.45) is 14.5. The van der Waals surface area contributed by atoms with Gasteiger partial charge in [0.25, 0.3) is 0 Å².